The molecule has 0 bridgehead atoms. The Labute approximate surface area is 141 Å². The maximum atomic E-state index is 9.23. The quantitative estimate of drug-likeness (QED) is 0.925. The van der Waals surface area contributed by atoms with Gasteiger partial charge < -0.3 is 15.0 Å². The van der Waals surface area contributed by atoms with Crippen molar-refractivity contribution in [1.29, 1.82) is 5.26 Å². The number of methoxy groups -OCH3 is 1. The Bertz CT molecular complexity index is 734. The highest BCUT2D eigenvalue weighted by atomic mass is 16.5. The predicted octanol–water partition coefficient (Wildman–Crippen LogP) is 2.88. The van der Waals surface area contributed by atoms with E-state index < -0.39 is 0 Å². The van der Waals surface area contributed by atoms with Gasteiger partial charge in [0.05, 0.1) is 12.8 Å². The van der Waals surface area contributed by atoms with E-state index in [4.69, 9.17) is 4.74 Å². The van der Waals surface area contributed by atoms with Crippen LogP contribution in [0, 0.1) is 11.3 Å². The molecule has 7 nitrogen and oxygen atoms in total. The van der Waals surface area contributed by atoms with Gasteiger partial charge in [-0.3, -0.25) is 0 Å². The summed E-state index contributed by atoms with van der Waals surface area (Å²) >= 11 is 0. The summed E-state index contributed by atoms with van der Waals surface area (Å²) in [6, 6.07) is 9.53. The van der Waals surface area contributed by atoms with Crippen LogP contribution in [0.5, 0.6) is 5.75 Å². The van der Waals surface area contributed by atoms with E-state index in [0.717, 1.165) is 31.6 Å². The number of aromatic nitrogens is 3. The van der Waals surface area contributed by atoms with Gasteiger partial charge in [-0.05, 0) is 25.0 Å². The number of nitrogens with one attached hydrogen (secondary N) is 1. The third-order valence-corrected chi connectivity index (χ3v) is 3.97. The molecule has 0 atom stereocenters. The van der Waals surface area contributed by atoms with Crippen molar-refractivity contribution in [3.05, 3.63) is 30.1 Å². The van der Waals surface area contributed by atoms with Crippen LogP contribution in [0.1, 0.15) is 31.5 Å². The van der Waals surface area contributed by atoms with Crippen LogP contribution in [0.15, 0.2) is 24.3 Å². The van der Waals surface area contributed by atoms with Gasteiger partial charge in [0.2, 0.25) is 17.7 Å². The number of nitriles is 1. The smallest absolute Gasteiger partial charge is 0.238 e. The second kappa shape index (κ2) is 7.59. The third-order valence-electron chi connectivity index (χ3n) is 3.97. The van der Waals surface area contributed by atoms with Gasteiger partial charge in [0.25, 0.3) is 0 Å². The van der Waals surface area contributed by atoms with E-state index in [9.17, 15) is 5.26 Å². The molecule has 1 aromatic carbocycles. The van der Waals surface area contributed by atoms with Crippen LogP contribution in [0.4, 0.5) is 17.6 Å². The fourth-order valence-corrected chi connectivity index (χ4v) is 2.75. The van der Waals surface area contributed by atoms with Crippen molar-refractivity contribution < 1.29 is 4.74 Å². The fourth-order valence-electron chi connectivity index (χ4n) is 2.75. The van der Waals surface area contributed by atoms with Crippen LogP contribution < -0.4 is 15.0 Å². The highest BCUT2D eigenvalue weighted by Crippen LogP contribution is 2.26. The average Bonchev–Trinajstić information content (AvgIpc) is 2.91. The molecule has 3 rings (SSSR count). The summed E-state index contributed by atoms with van der Waals surface area (Å²) in [7, 11) is 1.61. The minimum Gasteiger partial charge on any atom is -0.495 e. The lowest BCUT2D eigenvalue weighted by Gasteiger charge is -2.20. The van der Waals surface area contributed by atoms with Crippen LogP contribution in [0.2, 0.25) is 0 Å². The average molecular weight is 324 g/mol. The number of nitrogens with zero attached hydrogens (tertiary/aromatic N) is 5. The zero-order valence-electron chi connectivity index (χ0n) is 13.7. The molecule has 1 fully saturated rings. The summed E-state index contributed by atoms with van der Waals surface area (Å²) in [5, 5.41) is 12.4. The third kappa shape index (κ3) is 3.71. The van der Waals surface area contributed by atoms with Crippen LogP contribution in [0.3, 0.4) is 0 Å². The molecule has 2 heterocycles. The summed E-state index contributed by atoms with van der Waals surface area (Å²) in [5.74, 6) is 1.71. The molecule has 0 spiro atoms. The van der Waals surface area contributed by atoms with Gasteiger partial charge in [-0.2, -0.15) is 20.2 Å². The number of ether oxygens (including phenoxy) is 1. The molecule has 1 aromatic heterocycles. The molecule has 2 aromatic rings. The van der Waals surface area contributed by atoms with Crippen molar-refractivity contribution in [2.45, 2.75) is 25.7 Å². The van der Waals surface area contributed by atoms with Crippen molar-refractivity contribution in [3.63, 3.8) is 0 Å². The van der Waals surface area contributed by atoms with Crippen molar-refractivity contribution in [2.24, 2.45) is 0 Å². The first-order valence-corrected chi connectivity index (χ1v) is 8.11. The van der Waals surface area contributed by atoms with Gasteiger partial charge in [-0.25, -0.2) is 0 Å². The zero-order chi connectivity index (χ0) is 16.8. The van der Waals surface area contributed by atoms with Crippen molar-refractivity contribution in [3.8, 4) is 11.8 Å². The minimum absolute atomic E-state index is 0.113. The molecule has 0 saturated carbocycles. The van der Waals surface area contributed by atoms with Crippen LogP contribution >= 0.6 is 0 Å². The molecule has 1 saturated heterocycles. The summed E-state index contributed by atoms with van der Waals surface area (Å²) in [5.41, 5.74) is 0.747. The Hall–Kier alpha value is -2.88. The largest absolute Gasteiger partial charge is 0.495 e. The van der Waals surface area contributed by atoms with Gasteiger partial charge in [0.1, 0.15) is 11.8 Å². The van der Waals surface area contributed by atoms with Crippen LogP contribution in [0.25, 0.3) is 0 Å². The Morgan fingerprint density at radius 3 is 2.54 bits per heavy atom. The monoisotopic (exact) mass is 324 g/mol. The van der Waals surface area contributed by atoms with Gasteiger partial charge in [-0.15, -0.1) is 0 Å². The number of hydrogen-bond donors (Lipinski definition) is 1. The molecular formula is C17H20N6O. The van der Waals surface area contributed by atoms with Crippen molar-refractivity contribution >= 4 is 17.6 Å². The van der Waals surface area contributed by atoms with E-state index in [-0.39, 0.29) is 5.82 Å². The lowest BCUT2D eigenvalue weighted by Crippen LogP contribution is -2.26. The van der Waals surface area contributed by atoms with Gasteiger partial charge in [0, 0.05) is 13.1 Å². The van der Waals surface area contributed by atoms with Gasteiger partial charge in [-0.1, -0.05) is 25.0 Å². The molecule has 7 heteroatoms. The number of hydrogen-bond acceptors (Lipinski definition) is 7. The van der Waals surface area contributed by atoms with Gasteiger partial charge >= 0.3 is 0 Å². The van der Waals surface area contributed by atoms with E-state index in [2.05, 4.69) is 25.2 Å². The van der Waals surface area contributed by atoms with E-state index in [1.807, 2.05) is 30.3 Å². The molecule has 0 aliphatic carbocycles. The molecule has 1 aliphatic heterocycles. The first kappa shape index (κ1) is 16.0. The first-order valence-electron chi connectivity index (χ1n) is 8.11. The van der Waals surface area contributed by atoms with Crippen LogP contribution in [-0.2, 0) is 0 Å². The molecule has 124 valence electrons. The molecule has 0 amide bonds. The summed E-state index contributed by atoms with van der Waals surface area (Å²) < 4.78 is 5.33. The Morgan fingerprint density at radius 1 is 1.08 bits per heavy atom. The highest BCUT2D eigenvalue weighted by Gasteiger charge is 2.16. The number of rotatable bonds is 4. The van der Waals surface area contributed by atoms with Gasteiger partial charge in [0.15, 0.2) is 0 Å². The lowest BCUT2D eigenvalue weighted by molar-refractivity contribution is 0.417. The molecular weight excluding hydrogens is 304 g/mol. The molecule has 0 radical (unpaired) electrons. The zero-order valence-corrected chi connectivity index (χ0v) is 13.7. The second-order valence-corrected chi connectivity index (χ2v) is 5.62. The molecule has 1 aliphatic rings. The Balaban J connectivity index is 1.90. The maximum Gasteiger partial charge on any atom is 0.238 e. The molecule has 24 heavy (non-hydrogen) atoms. The Kier molecular flexibility index (Phi) is 5.06. The Morgan fingerprint density at radius 2 is 1.83 bits per heavy atom. The number of para-hydroxylation sites is 2. The second-order valence-electron chi connectivity index (χ2n) is 5.62. The van der Waals surface area contributed by atoms with E-state index in [1.165, 1.54) is 12.8 Å². The van der Waals surface area contributed by atoms with Crippen LogP contribution in [-0.4, -0.2) is 35.2 Å². The number of benzene rings is 1. The topological polar surface area (TPSA) is 87.0 Å². The molecule has 1 N–H and O–H groups in total. The summed E-state index contributed by atoms with van der Waals surface area (Å²) in [6.07, 6.45) is 4.67. The fraction of sp³-hybridized carbons (Fsp3) is 0.412. The normalized spacial score (nSPS) is 14.6. The van der Waals surface area contributed by atoms with Crippen molar-refractivity contribution in [1.82, 2.24) is 15.0 Å². The summed E-state index contributed by atoms with van der Waals surface area (Å²) in [6.45, 7) is 1.81. The predicted molar refractivity (Wildman–Crippen MR) is 91.5 cm³/mol. The molecule has 0 unspecified atom stereocenters. The van der Waals surface area contributed by atoms with E-state index in [0.29, 0.717) is 17.6 Å². The van der Waals surface area contributed by atoms with E-state index >= 15 is 0 Å². The summed E-state index contributed by atoms with van der Waals surface area (Å²) in [4.78, 5) is 15.1. The first-order chi connectivity index (χ1) is 11.8. The number of anilines is 3. The maximum absolute atomic E-state index is 9.23. The van der Waals surface area contributed by atoms with E-state index in [1.54, 1.807) is 7.11 Å². The minimum atomic E-state index is 0.113. The lowest BCUT2D eigenvalue weighted by atomic mass is 10.2. The van der Waals surface area contributed by atoms with Crippen molar-refractivity contribution in [2.75, 3.05) is 30.4 Å². The standard InChI is InChI=1S/C17H20N6O/c1-24-14-9-5-4-8-13(14)19-16-20-15(12-18)21-17(22-16)23-10-6-2-3-7-11-23/h4-5,8-9H,2-3,6-7,10-11H2,1H3,(H,19,20,21,22). The highest BCUT2D eigenvalue weighted by molar-refractivity contribution is 5.62. The SMILES string of the molecule is COc1ccccc1Nc1nc(C#N)nc(N2CCCCCC2)n1.